The highest BCUT2D eigenvalue weighted by Gasteiger charge is 2.34. The fraction of sp³-hybridized carbons (Fsp3) is 0.385. The number of halogens is 2. The Balaban J connectivity index is 2.08. The number of aliphatic carboxylic acids is 1. The molecule has 2 atom stereocenters. The fourth-order valence-electron chi connectivity index (χ4n) is 2.32. The first-order chi connectivity index (χ1) is 8.99. The Hall–Kier alpha value is -1.43. The van der Waals surface area contributed by atoms with Gasteiger partial charge in [-0.25, -0.2) is 4.39 Å². The van der Waals surface area contributed by atoms with Gasteiger partial charge in [-0.1, -0.05) is 6.42 Å². The summed E-state index contributed by atoms with van der Waals surface area (Å²) < 4.78 is 13.6. The summed E-state index contributed by atoms with van der Waals surface area (Å²) >= 11 is 3.01. The van der Waals surface area contributed by atoms with Gasteiger partial charge in [-0.05, 0) is 47.0 Å². The first kappa shape index (κ1) is 14.0. The first-order valence-corrected chi connectivity index (χ1v) is 6.77. The van der Waals surface area contributed by atoms with Crippen LogP contribution in [0.15, 0.2) is 22.7 Å². The van der Waals surface area contributed by atoms with Crippen molar-refractivity contribution in [1.29, 1.82) is 0 Å². The Morgan fingerprint density at radius 2 is 2.11 bits per heavy atom. The zero-order valence-corrected chi connectivity index (χ0v) is 11.6. The Kier molecular flexibility index (Phi) is 4.19. The van der Waals surface area contributed by atoms with Gasteiger partial charge in [0.2, 0.25) is 0 Å². The van der Waals surface area contributed by atoms with Gasteiger partial charge in [-0.15, -0.1) is 0 Å². The van der Waals surface area contributed by atoms with Crippen LogP contribution in [-0.2, 0) is 4.79 Å². The van der Waals surface area contributed by atoms with Gasteiger partial charge in [-0.3, -0.25) is 9.59 Å². The minimum Gasteiger partial charge on any atom is -0.481 e. The highest BCUT2D eigenvalue weighted by Crippen LogP contribution is 2.26. The molecule has 2 N–H and O–H groups in total. The number of hydrogen-bond acceptors (Lipinski definition) is 2. The summed E-state index contributed by atoms with van der Waals surface area (Å²) in [5.74, 6) is -2.41. The van der Waals surface area contributed by atoms with E-state index in [1.807, 2.05) is 0 Å². The predicted molar refractivity (Wildman–Crippen MR) is 70.3 cm³/mol. The SMILES string of the molecule is O=C(N[C@H]1CCC[C@H]1C(=O)O)c1ccc(Br)c(F)c1. The van der Waals surface area contributed by atoms with Crippen LogP contribution in [0.2, 0.25) is 0 Å². The summed E-state index contributed by atoms with van der Waals surface area (Å²) in [4.78, 5) is 23.0. The fourth-order valence-corrected chi connectivity index (χ4v) is 2.56. The largest absolute Gasteiger partial charge is 0.481 e. The van der Waals surface area contributed by atoms with Crippen molar-refractivity contribution < 1.29 is 19.1 Å². The summed E-state index contributed by atoms with van der Waals surface area (Å²) in [7, 11) is 0. The number of rotatable bonds is 3. The van der Waals surface area contributed by atoms with Crippen molar-refractivity contribution in [2.45, 2.75) is 25.3 Å². The van der Waals surface area contributed by atoms with Gasteiger partial charge >= 0.3 is 5.97 Å². The lowest BCUT2D eigenvalue weighted by Gasteiger charge is -2.17. The van der Waals surface area contributed by atoms with E-state index in [-0.39, 0.29) is 16.1 Å². The molecule has 19 heavy (non-hydrogen) atoms. The molecule has 1 aromatic carbocycles. The first-order valence-electron chi connectivity index (χ1n) is 5.98. The maximum absolute atomic E-state index is 13.3. The molecule has 0 aromatic heterocycles. The lowest BCUT2D eigenvalue weighted by molar-refractivity contribution is -0.142. The van der Waals surface area contributed by atoms with Crippen molar-refractivity contribution >= 4 is 27.8 Å². The number of nitrogens with one attached hydrogen (secondary N) is 1. The molecule has 1 saturated carbocycles. The Bertz CT molecular complexity index is 521. The molecule has 4 nitrogen and oxygen atoms in total. The van der Waals surface area contributed by atoms with E-state index in [0.717, 1.165) is 12.5 Å². The lowest BCUT2D eigenvalue weighted by Crippen LogP contribution is -2.40. The molecule has 0 saturated heterocycles. The summed E-state index contributed by atoms with van der Waals surface area (Å²) in [5.41, 5.74) is 0.191. The van der Waals surface area contributed by atoms with E-state index < -0.39 is 23.6 Å². The molecule has 0 bridgehead atoms. The molecule has 6 heteroatoms. The number of carboxylic acids is 1. The average molecular weight is 330 g/mol. The maximum Gasteiger partial charge on any atom is 0.308 e. The number of carbonyl (C=O) groups is 2. The molecule has 0 spiro atoms. The molecule has 1 amide bonds. The smallest absolute Gasteiger partial charge is 0.308 e. The third-order valence-electron chi connectivity index (χ3n) is 3.33. The zero-order valence-electron chi connectivity index (χ0n) is 10.0. The van der Waals surface area contributed by atoms with Crippen LogP contribution in [0.5, 0.6) is 0 Å². The topological polar surface area (TPSA) is 66.4 Å². The summed E-state index contributed by atoms with van der Waals surface area (Å²) in [6, 6.07) is 3.70. The van der Waals surface area contributed by atoms with E-state index in [1.165, 1.54) is 12.1 Å². The van der Waals surface area contributed by atoms with Gasteiger partial charge in [0.05, 0.1) is 10.4 Å². The minimum atomic E-state index is -0.898. The van der Waals surface area contributed by atoms with Gasteiger partial charge in [0, 0.05) is 11.6 Å². The number of carboxylic acid groups (broad SMARTS) is 1. The van der Waals surface area contributed by atoms with Crippen LogP contribution >= 0.6 is 15.9 Å². The van der Waals surface area contributed by atoms with Gasteiger partial charge in [-0.2, -0.15) is 0 Å². The second-order valence-corrected chi connectivity index (χ2v) is 5.44. The van der Waals surface area contributed by atoms with Crippen LogP contribution in [0, 0.1) is 11.7 Å². The normalized spacial score (nSPS) is 22.2. The standard InChI is InChI=1S/C13H13BrFNO3/c14-9-5-4-7(6-10(9)15)12(17)16-11-3-1-2-8(11)13(18)19/h4-6,8,11H,1-3H2,(H,16,17)(H,18,19)/t8-,11+/m1/s1. The molecule has 1 aliphatic carbocycles. The number of carbonyl (C=O) groups excluding carboxylic acids is 1. The summed E-state index contributed by atoms with van der Waals surface area (Å²) in [6.07, 6.45) is 1.98. The summed E-state index contributed by atoms with van der Waals surface area (Å²) in [6.45, 7) is 0. The van der Waals surface area contributed by atoms with E-state index >= 15 is 0 Å². The van der Waals surface area contributed by atoms with Gasteiger partial charge in [0.15, 0.2) is 0 Å². The van der Waals surface area contributed by atoms with Crippen molar-refractivity contribution in [3.8, 4) is 0 Å². The Morgan fingerprint density at radius 3 is 2.74 bits per heavy atom. The van der Waals surface area contributed by atoms with Crippen LogP contribution in [0.3, 0.4) is 0 Å². The predicted octanol–water partition coefficient (Wildman–Crippen LogP) is 2.57. The van der Waals surface area contributed by atoms with Crippen molar-refractivity contribution in [1.82, 2.24) is 5.32 Å². The minimum absolute atomic E-state index is 0.191. The van der Waals surface area contributed by atoms with Crippen molar-refractivity contribution in [2.24, 2.45) is 5.92 Å². The number of amides is 1. The van der Waals surface area contributed by atoms with Crippen LogP contribution in [0.1, 0.15) is 29.6 Å². The highest BCUT2D eigenvalue weighted by molar-refractivity contribution is 9.10. The van der Waals surface area contributed by atoms with Crippen molar-refractivity contribution in [2.75, 3.05) is 0 Å². The molecule has 0 aliphatic heterocycles. The van der Waals surface area contributed by atoms with E-state index in [4.69, 9.17) is 5.11 Å². The third-order valence-corrected chi connectivity index (χ3v) is 3.97. The molecule has 2 rings (SSSR count). The van der Waals surface area contributed by atoms with Crippen LogP contribution < -0.4 is 5.32 Å². The van der Waals surface area contributed by atoms with Crippen molar-refractivity contribution in [3.05, 3.63) is 34.1 Å². The van der Waals surface area contributed by atoms with Crippen molar-refractivity contribution in [3.63, 3.8) is 0 Å². The van der Waals surface area contributed by atoms with Gasteiger partial charge < -0.3 is 10.4 Å². The monoisotopic (exact) mass is 329 g/mol. The van der Waals surface area contributed by atoms with Gasteiger partial charge in [0.25, 0.3) is 5.91 Å². The molecule has 0 radical (unpaired) electrons. The second-order valence-electron chi connectivity index (χ2n) is 4.58. The Morgan fingerprint density at radius 1 is 1.37 bits per heavy atom. The number of benzene rings is 1. The van der Waals surface area contributed by atoms with E-state index in [2.05, 4.69) is 21.2 Å². The molecular formula is C13H13BrFNO3. The number of hydrogen-bond donors (Lipinski definition) is 2. The maximum atomic E-state index is 13.3. The molecule has 0 unspecified atom stereocenters. The lowest BCUT2D eigenvalue weighted by atomic mass is 10.0. The van der Waals surface area contributed by atoms with Gasteiger partial charge in [0.1, 0.15) is 5.82 Å². The molecule has 102 valence electrons. The zero-order chi connectivity index (χ0) is 14.0. The quantitative estimate of drug-likeness (QED) is 0.895. The van der Waals surface area contributed by atoms with E-state index in [1.54, 1.807) is 0 Å². The molecule has 0 heterocycles. The van der Waals surface area contributed by atoms with Crippen LogP contribution in [-0.4, -0.2) is 23.0 Å². The van der Waals surface area contributed by atoms with E-state index in [9.17, 15) is 14.0 Å². The molecule has 1 fully saturated rings. The molecule has 1 aromatic rings. The van der Waals surface area contributed by atoms with Crippen LogP contribution in [0.25, 0.3) is 0 Å². The average Bonchev–Trinajstić information content (AvgIpc) is 2.80. The van der Waals surface area contributed by atoms with Crippen LogP contribution in [0.4, 0.5) is 4.39 Å². The Labute approximate surface area is 118 Å². The summed E-state index contributed by atoms with van der Waals surface area (Å²) in [5, 5.41) is 11.7. The molecular weight excluding hydrogens is 317 g/mol. The highest BCUT2D eigenvalue weighted by atomic mass is 79.9. The molecule has 1 aliphatic rings. The second kappa shape index (κ2) is 5.69. The third kappa shape index (κ3) is 3.12. The van der Waals surface area contributed by atoms with E-state index in [0.29, 0.717) is 12.8 Å².